The molecule has 0 aromatic carbocycles. The molecule has 1 aromatic heterocycles. The quantitative estimate of drug-likeness (QED) is 0.321. The van der Waals surface area contributed by atoms with Crippen molar-refractivity contribution in [2.75, 3.05) is 25.5 Å². The molecule has 0 amide bonds. The van der Waals surface area contributed by atoms with Crippen LogP contribution in [0.2, 0.25) is 0 Å². The summed E-state index contributed by atoms with van der Waals surface area (Å²) in [6, 6.07) is 2.27. The number of nitrogens with one attached hydrogen (secondary N) is 2. The third kappa shape index (κ3) is 6.92. The van der Waals surface area contributed by atoms with E-state index in [1.165, 1.54) is 6.20 Å². The number of aliphatic imine (C=N–C) groups is 2. The average molecular weight is 522 g/mol. The lowest BCUT2D eigenvalue weighted by molar-refractivity contribution is 0.261. The van der Waals surface area contributed by atoms with Gasteiger partial charge in [-0.1, -0.05) is 19.2 Å². The molecule has 2 aliphatic rings. The lowest BCUT2D eigenvalue weighted by Gasteiger charge is -2.21. The van der Waals surface area contributed by atoms with Gasteiger partial charge in [-0.25, -0.2) is 18.5 Å². The molecule has 9 heteroatoms. The van der Waals surface area contributed by atoms with Crippen molar-refractivity contribution < 1.29 is 8.78 Å². The number of halogens is 2. The van der Waals surface area contributed by atoms with E-state index < -0.39 is 11.7 Å². The van der Waals surface area contributed by atoms with E-state index in [0.29, 0.717) is 48.5 Å². The summed E-state index contributed by atoms with van der Waals surface area (Å²) in [5, 5.41) is 11.0. The molecular weight excluding hydrogens is 484 g/mol. The molecule has 7 nitrogen and oxygen atoms in total. The standard InChI is InChI=1S/C29H37F2N7/c1-8-26-20(6)24(17-32-11-12-34-26)23-13-21(14-25(30)29(23)31)15-27(33-9-2)35-28-16-22(38(10-3)36-28)18-37(7)19(4)5/h8-10,13,15-17,19,34H,2-3,11-12,14,18H2,1,4-7H3,(H,33,35,36)/b21-15-,24-20?,26-8-,32-17?. The number of aromatic nitrogens is 2. The number of nitrogens with zero attached hydrogens (tertiary/aromatic N) is 5. The molecule has 0 spiro atoms. The van der Waals surface area contributed by atoms with Crippen LogP contribution in [-0.4, -0.2) is 52.9 Å². The molecule has 38 heavy (non-hydrogen) atoms. The van der Waals surface area contributed by atoms with Crippen LogP contribution in [0.3, 0.4) is 0 Å². The zero-order chi connectivity index (χ0) is 27.8. The molecule has 1 aliphatic carbocycles. The van der Waals surface area contributed by atoms with Crippen LogP contribution in [0.5, 0.6) is 0 Å². The van der Waals surface area contributed by atoms with Crippen LogP contribution in [0.25, 0.3) is 6.20 Å². The highest BCUT2D eigenvalue weighted by Gasteiger charge is 2.24. The Bertz CT molecular complexity index is 1290. The highest BCUT2D eigenvalue weighted by molar-refractivity contribution is 6.04. The van der Waals surface area contributed by atoms with Gasteiger partial charge in [-0.15, -0.1) is 0 Å². The first-order valence-electron chi connectivity index (χ1n) is 12.6. The molecule has 202 valence electrons. The van der Waals surface area contributed by atoms with Gasteiger partial charge in [0.2, 0.25) is 0 Å². The molecule has 0 fully saturated rings. The summed E-state index contributed by atoms with van der Waals surface area (Å²) in [5.74, 6) is -0.776. The van der Waals surface area contributed by atoms with E-state index in [4.69, 9.17) is 0 Å². The van der Waals surface area contributed by atoms with Gasteiger partial charge in [0.25, 0.3) is 0 Å². The number of anilines is 1. The zero-order valence-electron chi connectivity index (χ0n) is 22.9. The largest absolute Gasteiger partial charge is 0.383 e. The molecule has 0 radical (unpaired) electrons. The molecule has 2 heterocycles. The van der Waals surface area contributed by atoms with E-state index in [-0.39, 0.29) is 12.0 Å². The van der Waals surface area contributed by atoms with E-state index in [9.17, 15) is 4.39 Å². The molecule has 0 saturated heterocycles. The van der Waals surface area contributed by atoms with Crippen molar-refractivity contribution in [1.29, 1.82) is 0 Å². The Labute approximate surface area is 224 Å². The summed E-state index contributed by atoms with van der Waals surface area (Å²) in [4.78, 5) is 10.9. The lowest BCUT2D eigenvalue weighted by atomic mass is 9.91. The number of rotatable bonds is 8. The third-order valence-electron chi connectivity index (χ3n) is 6.41. The number of hydrogen-bond acceptors (Lipinski definition) is 5. The van der Waals surface area contributed by atoms with Gasteiger partial charge in [-0.2, -0.15) is 5.10 Å². The van der Waals surface area contributed by atoms with Crippen LogP contribution >= 0.6 is 0 Å². The van der Waals surface area contributed by atoms with E-state index in [1.807, 2.05) is 33.0 Å². The van der Waals surface area contributed by atoms with Gasteiger partial charge in [0.05, 0.1) is 12.2 Å². The Balaban J connectivity index is 1.98. The van der Waals surface area contributed by atoms with Crippen LogP contribution in [0.4, 0.5) is 14.6 Å². The second-order valence-corrected chi connectivity index (χ2v) is 9.35. The van der Waals surface area contributed by atoms with Crippen LogP contribution in [0, 0.1) is 0 Å². The first-order valence-corrected chi connectivity index (χ1v) is 12.6. The highest BCUT2D eigenvalue weighted by Crippen LogP contribution is 2.36. The van der Waals surface area contributed by atoms with E-state index >= 15 is 4.39 Å². The first kappa shape index (κ1) is 28.7. The average Bonchev–Trinajstić information content (AvgIpc) is 3.25. The number of amidine groups is 1. The lowest BCUT2D eigenvalue weighted by Crippen LogP contribution is -2.26. The molecule has 0 saturated carbocycles. The van der Waals surface area contributed by atoms with Gasteiger partial charge >= 0.3 is 0 Å². The third-order valence-corrected chi connectivity index (χ3v) is 6.41. The first-order chi connectivity index (χ1) is 18.2. The minimum absolute atomic E-state index is 0.150. The number of hydrogen-bond donors (Lipinski definition) is 2. The van der Waals surface area contributed by atoms with Crippen molar-refractivity contribution in [3.63, 3.8) is 0 Å². The summed E-state index contributed by atoms with van der Waals surface area (Å²) >= 11 is 0. The fourth-order valence-corrected chi connectivity index (χ4v) is 4.09. The molecule has 0 unspecified atom stereocenters. The van der Waals surface area contributed by atoms with Crippen molar-refractivity contribution in [2.24, 2.45) is 9.98 Å². The van der Waals surface area contributed by atoms with Crippen molar-refractivity contribution in [3.8, 4) is 0 Å². The summed E-state index contributed by atoms with van der Waals surface area (Å²) in [6.45, 7) is 17.4. The minimum Gasteiger partial charge on any atom is -0.383 e. The SMILES string of the molecule is C=CN=C(/C=C1/C=C(C2=C(C)/C(=C/C)NCCN=C2)C(F)=C(F)C1)Nc1cc(CN(C)C(C)C)n(C=C)n1. The molecule has 0 bridgehead atoms. The molecular formula is C29H37F2N7. The Morgan fingerprint density at radius 2 is 2.11 bits per heavy atom. The normalized spacial score (nSPS) is 19.2. The van der Waals surface area contributed by atoms with E-state index in [0.717, 1.165) is 17.0 Å². The van der Waals surface area contributed by atoms with Crippen molar-refractivity contribution in [2.45, 2.75) is 46.7 Å². The van der Waals surface area contributed by atoms with Gasteiger partial charge in [-0.05, 0) is 58.0 Å². The summed E-state index contributed by atoms with van der Waals surface area (Å²) in [7, 11) is 2.04. The van der Waals surface area contributed by atoms with Gasteiger partial charge < -0.3 is 10.6 Å². The molecule has 0 atom stereocenters. The predicted molar refractivity (Wildman–Crippen MR) is 154 cm³/mol. The van der Waals surface area contributed by atoms with Crippen LogP contribution in [0.15, 0.2) is 93.3 Å². The second-order valence-electron chi connectivity index (χ2n) is 9.35. The summed E-state index contributed by atoms with van der Waals surface area (Å²) in [6.07, 6.45) is 9.68. The monoisotopic (exact) mass is 521 g/mol. The fraction of sp³-hybridized carbons (Fsp3) is 0.345. The van der Waals surface area contributed by atoms with Crippen LogP contribution < -0.4 is 10.6 Å². The summed E-state index contributed by atoms with van der Waals surface area (Å²) in [5.41, 5.74) is 3.82. The van der Waals surface area contributed by atoms with Gasteiger partial charge in [0, 0.05) is 67.1 Å². The second kappa shape index (κ2) is 13.1. The Morgan fingerprint density at radius 3 is 2.76 bits per heavy atom. The Kier molecular flexibility index (Phi) is 9.90. The zero-order valence-corrected chi connectivity index (χ0v) is 22.9. The topological polar surface area (TPSA) is 69.8 Å². The van der Waals surface area contributed by atoms with Gasteiger partial charge in [0.1, 0.15) is 11.7 Å². The van der Waals surface area contributed by atoms with Crippen molar-refractivity contribution in [3.05, 3.63) is 89.0 Å². The maximum Gasteiger partial charge on any atom is 0.162 e. The van der Waals surface area contributed by atoms with Gasteiger partial charge in [-0.3, -0.25) is 9.89 Å². The minimum atomic E-state index is -0.877. The maximum absolute atomic E-state index is 15.1. The van der Waals surface area contributed by atoms with Crippen molar-refractivity contribution in [1.82, 2.24) is 20.0 Å². The predicted octanol–water partition coefficient (Wildman–Crippen LogP) is 6.08. The van der Waals surface area contributed by atoms with Crippen LogP contribution in [-0.2, 0) is 6.54 Å². The highest BCUT2D eigenvalue weighted by atomic mass is 19.2. The van der Waals surface area contributed by atoms with Crippen molar-refractivity contribution >= 4 is 24.1 Å². The Hall–Kier alpha value is -3.85. The summed E-state index contributed by atoms with van der Waals surface area (Å²) < 4.78 is 31.7. The molecule has 3 rings (SSSR count). The number of allylic oxidation sites excluding steroid dienone is 8. The van der Waals surface area contributed by atoms with E-state index in [1.54, 1.807) is 29.2 Å². The van der Waals surface area contributed by atoms with Gasteiger partial charge in [0.15, 0.2) is 11.6 Å². The molecule has 1 aromatic rings. The molecule has 1 aliphatic heterocycles. The molecule has 2 N–H and O–H groups in total. The smallest absolute Gasteiger partial charge is 0.162 e. The Morgan fingerprint density at radius 1 is 1.34 bits per heavy atom. The maximum atomic E-state index is 15.1. The van der Waals surface area contributed by atoms with E-state index in [2.05, 4.69) is 57.6 Å². The van der Waals surface area contributed by atoms with Crippen LogP contribution in [0.1, 0.15) is 39.8 Å². The fourth-order valence-electron chi connectivity index (χ4n) is 4.09.